The lowest BCUT2D eigenvalue weighted by Gasteiger charge is -2.09. The van der Waals surface area contributed by atoms with E-state index in [2.05, 4.69) is 15.4 Å². The molecular weight excluding hydrogens is 204 g/mol. The van der Waals surface area contributed by atoms with Gasteiger partial charge in [0.2, 0.25) is 0 Å². The quantitative estimate of drug-likeness (QED) is 0.530. The van der Waals surface area contributed by atoms with Crippen LogP contribution in [0.15, 0.2) is 0 Å². The Morgan fingerprint density at radius 1 is 1.40 bits per heavy atom. The number of aliphatic carboxylic acids is 1. The minimum absolute atomic E-state index is 0.230. The van der Waals surface area contributed by atoms with Crippen molar-refractivity contribution in [1.29, 1.82) is 0 Å². The van der Waals surface area contributed by atoms with Crippen molar-refractivity contribution in [1.82, 2.24) is 10.6 Å². The second kappa shape index (κ2) is 6.63. The molecule has 86 valence electrons. The summed E-state index contributed by atoms with van der Waals surface area (Å²) < 4.78 is 4.55. The van der Waals surface area contributed by atoms with Crippen LogP contribution in [-0.2, 0) is 14.3 Å². The van der Waals surface area contributed by atoms with Crippen LogP contribution in [0, 0.1) is 0 Å². The molecule has 0 radical (unpaired) electrons. The molecule has 1 unspecified atom stereocenters. The first kappa shape index (κ1) is 13.2. The Morgan fingerprint density at radius 3 is 2.47 bits per heavy atom. The number of carbonyl (C=O) groups excluding carboxylic acids is 2. The number of urea groups is 1. The molecule has 15 heavy (non-hydrogen) atoms. The molecule has 7 heteroatoms. The molecule has 0 rings (SSSR count). The molecule has 0 aromatic carbocycles. The lowest BCUT2D eigenvalue weighted by molar-refractivity contribution is -0.141. The molecule has 7 nitrogen and oxygen atoms in total. The van der Waals surface area contributed by atoms with E-state index in [1.807, 2.05) is 0 Å². The predicted molar refractivity (Wildman–Crippen MR) is 50.3 cm³/mol. The number of carboxylic acids is 1. The fourth-order valence-electron chi connectivity index (χ4n) is 0.674. The maximum Gasteiger partial charge on any atom is 0.325 e. The fraction of sp³-hybridized carbons (Fsp3) is 0.625. The number of hydrogen-bond donors (Lipinski definition) is 3. The Kier molecular flexibility index (Phi) is 5.84. The molecule has 0 heterocycles. The normalized spacial score (nSPS) is 11.3. The molecule has 0 aromatic rings. The van der Waals surface area contributed by atoms with Crippen LogP contribution in [0.3, 0.4) is 0 Å². The second-order valence-electron chi connectivity index (χ2n) is 2.69. The van der Waals surface area contributed by atoms with Gasteiger partial charge in [-0.2, -0.15) is 0 Å². The largest absolute Gasteiger partial charge is 0.480 e. The van der Waals surface area contributed by atoms with Crippen molar-refractivity contribution in [2.24, 2.45) is 0 Å². The van der Waals surface area contributed by atoms with E-state index in [-0.39, 0.29) is 13.2 Å². The third kappa shape index (κ3) is 6.30. The minimum Gasteiger partial charge on any atom is -0.480 e. The lowest BCUT2D eigenvalue weighted by atomic mass is 10.3. The number of nitrogens with one attached hydrogen (secondary N) is 2. The molecular formula is C8H14N2O5. The van der Waals surface area contributed by atoms with E-state index < -0.39 is 24.0 Å². The van der Waals surface area contributed by atoms with E-state index >= 15 is 0 Å². The van der Waals surface area contributed by atoms with Crippen LogP contribution in [0.4, 0.5) is 4.79 Å². The highest BCUT2D eigenvalue weighted by Gasteiger charge is 2.14. The van der Waals surface area contributed by atoms with Crippen LogP contribution < -0.4 is 10.6 Å². The molecule has 3 N–H and O–H groups in total. The maximum atomic E-state index is 11.0. The molecule has 0 spiro atoms. The smallest absolute Gasteiger partial charge is 0.325 e. The van der Waals surface area contributed by atoms with Crippen LogP contribution >= 0.6 is 0 Å². The predicted octanol–water partition coefficient (Wildman–Crippen LogP) is -0.678. The number of ether oxygens (including phenoxy) is 1. The fourth-order valence-corrected chi connectivity index (χ4v) is 0.674. The summed E-state index contributed by atoms with van der Waals surface area (Å²) in [5.74, 6) is -1.73. The number of carbonyl (C=O) groups is 3. The van der Waals surface area contributed by atoms with Crippen molar-refractivity contribution in [3.05, 3.63) is 0 Å². The number of rotatable bonds is 5. The summed E-state index contributed by atoms with van der Waals surface area (Å²) in [6.45, 7) is 2.90. The highest BCUT2D eigenvalue weighted by atomic mass is 16.5. The van der Waals surface area contributed by atoms with Gasteiger partial charge in [0, 0.05) is 0 Å². The van der Waals surface area contributed by atoms with Crippen LogP contribution in [0.5, 0.6) is 0 Å². The molecule has 0 bridgehead atoms. The summed E-state index contributed by atoms with van der Waals surface area (Å²) in [4.78, 5) is 32.1. The van der Waals surface area contributed by atoms with Crippen LogP contribution in [0.2, 0.25) is 0 Å². The van der Waals surface area contributed by atoms with E-state index in [0.29, 0.717) is 0 Å². The molecule has 1 atom stereocenters. The Hall–Kier alpha value is -1.79. The van der Waals surface area contributed by atoms with Crippen LogP contribution in [0.1, 0.15) is 13.8 Å². The van der Waals surface area contributed by atoms with E-state index in [4.69, 9.17) is 5.11 Å². The number of hydrogen-bond acceptors (Lipinski definition) is 4. The highest BCUT2D eigenvalue weighted by molar-refractivity contribution is 5.84. The zero-order valence-corrected chi connectivity index (χ0v) is 8.57. The topological polar surface area (TPSA) is 105 Å². The zero-order valence-electron chi connectivity index (χ0n) is 8.57. The number of amides is 2. The van der Waals surface area contributed by atoms with Gasteiger partial charge >= 0.3 is 18.0 Å². The molecule has 0 saturated heterocycles. The average molecular weight is 218 g/mol. The molecule has 2 amide bonds. The summed E-state index contributed by atoms with van der Waals surface area (Å²) in [6, 6.07) is -1.73. The van der Waals surface area contributed by atoms with E-state index in [1.165, 1.54) is 6.92 Å². The third-order valence-electron chi connectivity index (χ3n) is 1.42. The van der Waals surface area contributed by atoms with Crippen LogP contribution in [-0.4, -0.2) is 42.3 Å². The maximum absolute atomic E-state index is 11.0. The van der Waals surface area contributed by atoms with Crippen molar-refractivity contribution in [3.8, 4) is 0 Å². The molecule has 0 aliphatic rings. The molecule has 0 fully saturated rings. The van der Waals surface area contributed by atoms with Gasteiger partial charge in [0.15, 0.2) is 0 Å². The standard InChI is InChI=1S/C8H14N2O5/c1-3-15-6(11)4-9-8(14)10-5(2)7(12)13/h5H,3-4H2,1-2H3,(H,12,13)(H2,9,10,14). The van der Waals surface area contributed by atoms with Gasteiger partial charge in [0.1, 0.15) is 12.6 Å². The first-order valence-electron chi connectivity index (χ1n) is 4.40. The summed E-state index contributed by atoms with van der Waals surface area (Å²) in [6.07, 6.45) is 0. The van der Waals surface area contributed by atoms with Crippen molar-refractivity contribution in [3.63, 3.8) is 0 Å². The summed E-state index contributed by atoms with van der Waals surface area (Å²) >= 11 is 0. The van der Waals surface area contributed by atoms with Gasteiger partial charge < -0.3 is 20.5 Å². The Morgan fingerprint density at radius 2 is 2.00 bits per heavy atom. The van der Waals surface area contributed by atoms with Gasteiger partial charge in [-0.3, -0.25) is 9.59 Å². The monoisotopic (exact) mass is 218 g/mol. The SMILES string of the molecule is CCOC(=O)CNC(=O)NC(C)C(=O)O. The third-order valence-corrected chi connectivity index (χ3v) is 1.42. The van der Waals surface area contributed by atoms with E-state index in [1.54, 1.807) is 6.92 Å². The van der Waals surface area contributed by atoms with Crippen molar-refractivity contribution in [2.75, 3.05) is 13.2 Å². The first-order valence-corrected chi connectivity index (χ1v) is 4.40. The van der Waals surface area contributed by atoms with Gasteiger partial charge in [-0.25, -0.2) is 4.79 Å². The van der Waals surface area contributed by atoms with Gasteiger partial charge in [-0.15, -0.1) is 0 Å². The highest BCUT2D eigenvalue weighted by Crippen LogP contribution is 1.81. The van der Waals surface area contributed by atoms with Crippen molar-refractivity contribution >= 4 is 18.0 Å². The molecule has 0 aromatic heterocycles. The summed E-state index contributed by atoms with van der Waals surface area (Å²) in [7, 11) is 0. The molecule has 0 saturated carbocycles. The van der Waals surface area contributed by atoms with E-state index in [0.717, 1.165) is 0 Å². The summed E-state index contributed by atoms with van der Waals surface area (Å²) in [5.41, 5.74) is 0. The number of esters is 1. The molecule has 0 aliphatic carbocycles. The Bertz CT molecular complexity index is 253. The first-order chi connectivity index (χ1) is 6.97. The zero-order chi connectivity index (χ0) is 11.8. The van der Waals surface area contributed by atoms with E-state index in [9.17, 15) is 14.4 Å². The second-order valence-corrected chi connectivity index (χ2v) is 2.69. The van der Waals surface area contributed by atoms with Crippen LogP contribution in [0.25, 0.3) is 0 Å². The van der Waals surface area contributed by atoms with Gasteiger partial charge in [-0.05, 0) is 13.8 Å². The number of carboxylic acid groups (broad SMARTS) is 1. The minimum atomic E-state index is -1.15. The molecule has 0 aliphatic heterocycles. The van der Waals surface area contributed by atoms with Gasteiger partial charge in [0.25, 0.3) is 0 Å². The van der Waals surface area contributed by atoms with Gasteiger partial charge in [0.05, 0.1) is 6.61 Å². The van der Waals surface area contributed by atoms with Gasteiger partial charge in [-0.1, -0.05) is 0 Å². The Balaban J connectivity index is 3.75. The van der Waals surface area contributed by atoms with Crippen molar-refractivity contribution < 1.29 is 24.2 Å². The lowest BCUT2D eigenvalue weighted by Crippen LogP contribution is -2.45. The summed E-state index contributed by atoms with van der Waals surface area (Å²) in [5, 5.41) is 12.7. The Labute approximate surface area is 86.8 Å². The van der Waals surface area contributed by atoms with Crippen molar-refractivity contribution in [2.45, 2.75) is 19.9 Å². The average Bonchev–Trinajstić information content (AvgIpc) is 2.15.